The van der Waals surface area contributed by atoms with Crippen LogP contribution in [0.1, 0.15) is 38.3 Å². The lowest BCUT2D eigenvalue weighted by Gasteiger charge is -1.93. The average Bonchev–Trinajstić information content (AvgIpc) is 2.34. The molecule has 0 spiro atoms. The fourth-order valence-electron chi connectivity index (χ4n) is 0.750. The van der Waals surface area contributed by atoms with Crippen molar-refractivity contribution in [3.8, 4) is 0 Å². The summed E-state index contributed by atoms with van der Waals surface area (Å²) in [5.41, 5.74) is 1.05. The molecular formula is C8H13NO. The molecule has 2 nitrogen and oxygen atoms in total. The zero-order chi connectivity index (χ0) is 7.56. The predicted molar refractivity (Wildman–Crippen MR) is 40.0 cm³/mol. The topological polar surface area (TPSA) is 26.0 Å². The maximum atomic E-state index is 5.21. The highest BCUT2D eigenvalue weighted by atomic mass is 16.3. The summed E-state index contributed by atoms with van der Waals surface area (Å²) in [4.78, 5) is 4.26. The first-order valence-electron chi connectivity index (χ1n) is 3.68. The summed E-state index contributed by atoms with van der Waals surface area (Å²) in [5.74, 6) is 1.25. The molecule has 1 aromatic rings. The zero-order valence-electron chi connectivity index (χ0n) is 6.72. The van der Waals surface area contributed by atoms with E-state index in [4.69, 9.17) is 4.42 Å². The number of hydrogen-bond acceptors (Lipinski definition) is 2. The van der Waals surface area contributed by atoms with E-state index in [1.54, 1.807) is 6.26 Å². The van der Waals surface area contributed by atoms with E-state index in [1.807, 2.05) is 0 Å². The van der Waals surface area contributed by atoms with Gasteiger partial charge in [0.25, 0.3) is 0 Å². The molecule has 0 aliphatic carbocycles. The standard InChI is InChI=1S/C8H13NO/c1-4-7-5-10-8(9-7)6(2)3/h5-6H,4H2,1-3H3. The van der Waals surface area contributed by atoms with Crippen LogP contribution in [0.25, 0.3) is 0 Å². The summed E-state index contributed by atoms with van der Waals surface area (Å²) in [6.45, 7) is 6.22. The Kier molecular flexibility index (Phi) is 2.10. The summed E-state index contributed by atoms with van der Waals surface area (Å²) < 4.78 is 5.21. The van der Waals surface area contributed by atoms with Gasteiger partial charge >= 0.3 is 0 Å². The molecule has 0 N–H and O–H groups in total. The smallest absolute Gasteiger partial charge is 0.196 e. The van der Waals surface area contributed by atoms with E-state index in [-0.39, 0.29) is 0 Å². The number of aryl methyl sites for hydroxylation is 1. The van der Waals surface area contributed by atoms with E-state index in [2.05, 4.69) is 25.8 Å². The van der Waals surface area contributed by atoms with Crippen LogP contribution in [0.5, 0.6) is 0 Å². The summed E-state index contributed by atoms with van der Waals surface area (Å²) in [7, 11) is 0. The molecule has 0 radical (unpaired) electrons. The lowest BCUT2D eigenvalue weighted by molar-refractivity contribution is 0.470. The Morgan fingerprint density at radius 2 is 2.30 bits per heavy atom. The second kappa shape index (κ2) is 2.86. The molecule has 0 aliphatic heterocycles. The zero-order valence-corrected chi connectivity index (χ0v) is 6.72. The van der Waals surface area contributed by atoms with E-state index in [0.29, 0.717) is 5.92 Å². The minimum atomic E-state index is 0.403. The van der Waals surface area contributed by atoms with Crippen molar-refractivity contribution < 1.29 is 4.42 Å². The van der Waals surface area contributed by atoms with Crippen LogP contribution >= 0.6 is 0 Å². The second-order valence-electron chi connectivity index (χ2n) is 2.69. The van der Waals surface area contributed by atoms with Crippen molar-refractivity contribution in [2.75, 3.05) is 0 Å². The van der Waals surface area contributed by atoms with Crippen LogP contribution in [-0.2, 0) is 6.42 Å². The molecule has 0 saturated carbocycles. The number of hydrogen-bond donors (Lipinski definition) is 0. The number of nitrogens with zero attached hydrogens (tertiary/aromatic N) is 1. The Morgan fingerprint density at radius 3 is 2.60 bits per heavy atom. The van der Waals surface area contributed by atoms with Crippen molar-refractivity contribution in [1.82, 2.24) is 4.98 Å². The SMILES string of the molecule is CCc1coc(C(C)C)n1. The molecule has 0 aromatic carbocycles. The molecule has 0 saturated heterocycles. The average molecular weight is 139 g/mol. The van der Waals surface area contributed by atoms with E-state index < -0.39 is 0 Å². The minimum Gasteiger partial charge on any atom is -0.448 e. The molecule has 56 valence electrons. The Morgan fingerprint density at radius 1 is 1.60 bits per heavy atom. The van der Waals surface area contributed by atoms with Gasteiger partial charge in [-0.2, -0.15) is 0 Å². The molecule has 0 amide bonds. The number of rotatable bonds is 2. The van der Waals surface area contributed by atoms with Gasteiger partial charge in [-0.25, -0.2) is 4.98 Å². The summed E-state index contributed by atoms with van der Waals surface area (Å²) in [5, 5.41) is 0. The summed E-state index contributed by atoms with van der Waals surface area (Å²) in [6.07, 6.45) is 2.69. The highest BCUT2D eigenvalue weighted by molar-refractivity contribution is 4.98. The Hall–Kier alpha value is -0.790. The second-order valence-corrected chi connectivity index (χ2v) is 2.69. The van der Waals surface area contributed by atoms with Crippen LogP contribution in [0.3, 0.4) is 0 Å². The maximum absolute atomic E-state index is 5.21. The van der Waals surface area contributed by atoms with E-state index in [9.17, 15) is 0 Å². The highest BCUT2D eigenvalue weighted by Crippen LogP contribution is 2.12. The fraction of sp³-hybridized carbons (Fsp3) is 0.625. The molecule has 1 aromatic heterocycles. The van der Waals surface area contributed by atoms with Gasteiger partial charge in [-0.15, -0.1) is 0 Å². The minimum absolute atomic E-state index is 0.403. The monoisotopic (exact) mass is 139 g/mol. The third kappa shape index (κ3) is 1.38. The van der Waals surface area contributed by atoms with E-state index in [1.165, 1.54) is 0 Å². The highest BCUT2D eigenvalue weighted by Gasteiger charge is 2.05. The third-order valence-corrected chi connectivity index (χ3v) is 1.43. The molecule has 2 heteroatoms. The van der Waals surface area contributed by atoms with Crippen molar-refractivity contribution in [3.63, 3.8) is 0 Å². The van der Waals surface area contributed by atoms with Crippen LogP contribution < -0.4 is 0 Å². The van der Waals surface area contributed by atoms with E-state index >= 15 is 0 Å². The van der Waals surface area contributed by atoms with Crippen LogP contribution in [-0.4, -0.2) is 4.98 Å². The van der Waals surface area contributed by atoms with Gasteiger partial charge in [0.1, 0.15) is 6.26 Å². The Labute approximate surface area is 61.3 Å². The lowest BCUT2D eigenvalue weighted by Crippen LogP contribution is -1.87. The van der Waals surface area contributed by atoms with Crippen LogP contribution in [0, 0.1) is 0 Å². The number of oxazole rings is 1. The molecule has 0 fully saturated rings. The summed E-state index contributed by atoms with van der Waals surface area (Å²) in [6, 6.07) is 0. The quantitative estimate of drug-likeness (QED) is 0.628. The molecule has 0 atom stereocenters. The van der Waals surface area contributed by atoms with Gasteiger partial charge < -0.3 is 4.42 Å². The lowest BCUT2D eigenvalue weighted by atomic mass is 10.2. The molecular weight excluding hydrogens is 126 g/mol. The molecule has 0 bridgehead atoms. The van der Waals surface area contributed by atoms with Crippen molar-refractivity contribution in [3.05, 3.63) is 17.8 Å². The van der Waals surface area contributed by atoms with Crippen molar-refractivity contribution in [2.45, 2.75) is 33.1 Å². The number of aromatic nitrogens is 1. The Balaban J connectivity index is 2.78. The van der Waals surface area contributed by atoms with Gasteiger partial charge in [-0.1, -0.05) is 20.8 Å². The third-order valence-electron chi connectivity index (χ3n) is 1.43. The van der Waals surface area contributed by atoms with Crippen LogP contribution in [0.4, 0.5) is 0 Å². The first-order chi connectivity index (χ1) is 4.74. The predicted octanol–water partition coefficient (Wildman–Crippen LogP) is 2.36. The van der Waals surface area contributed by atoms with Gasteiger partial charge in [0.2, 0.25) is 0 Å². The first kappa shape index (κ1) is 7.32. The van der Waals surface area contributed by atoms with Crippen LogP contribution in [0.15, 0.2) is 10.7 Å². The Bertz CT molecular complexity index is 203. The van der Waals surface area contributed by atoms with Crippen molar-refractivity contribution >= 4 is 0 Å². The van der Waals surface area contributed by atoms with Crippen LogP contribution in [0.2, 0.25) is 0 Å². The summed E-state index contributed by atoms with van der Waals surface area (Å²) >= 11 is 0. The van der Waals surface area contributed by atoms with E-state index in [0.717, 1.165) is 18.0 Å². The first-order valence-corrected chi connectivity index (χ1v) is 3.68. The maximum Gasteiger partial charge on any atom is 0.196 e. The molecule has 0 aliphatic rings. The molecule has 1 heterocycles. The van der Waals surface area contributed by atoms with Gasteiger partial charge in [0, 0.05) is 5.92 Å². The van der Waals surface area contributed by atoms with Gasteiger partial charge in [0.05, 0.1) is 5.69 Å². The largest absolute Gasteiger partial charge is 0.448 e. The molecule has 1 rings (SSSR count). The fourth-order valence-corrected chi connectivity index (χ4v) is 0.750. The van der Waals surface area contributed by atoms with Gasteiger partial charge in [-0.3, -0.25) is 0 Å². The molecule has 0 unspecified atom stereocenters. The normalized spacial score (nSPS) is 10.8. The van der Waals surface area contributed by atoms with Crippen molar-refractivity contribution in [2.24, 2.45) is 0 Å². The van der Waals surface area contributed by atoms with Gasteiger partial charge in [-0.05, 0) is 6.42 Å². The van der Waals surface area contributed by atoms with Gasteiger partial charge in [0.15, 0.2) is 5.89 Å². The molecule has 10 heavy (non-hydrogen) atoms. The van der Waals surface area contributed by atoms with Crippen molar-refractivity contribution in [1.29, 1.82) is 0 Å².